The van der Waals surface area contributed by atoms with Crippen LogP contribution in [0.2, 0.25) is 0 Å². The number of aromatic nitrogens is 2. The molecule has 1 aromatic heterocycles. The van der Waals surface area contributed by atoms with Gasteiger partial charge in [0, 0.05) is 41.9 Å². The van der Waals surface area contributed by atoms with E-state index in [-0.39, 0.29) is 0 Å². The first-order valence-electron chi connectivity index (χ1n) is 8.30. The first kappa shape index (κ1) is 15.2. The van der Waals surface area contributed by atoms with Gasteiger partial charge in [-0.25, -0.2) is 4.98 Å². The summed E-state index contributed by atoms with van der Waals surface area (Å²) in [6.45, 7) is 0. The molecule has 0 fully saturated rings. The summed E-state index contributed by atoms with van der Waals surface area (Å²) in [6, 6.07) is 27.1. The summed E-state index contributed by atoms with van der Waals surface area (Å²) >= 11 is 0. The number of rotatable bonds is 4. The largest absolute Gasteiger partial charge is 0.355 e. The highest BCUT2D eigenvalue weighted by Crippen LogP contribution is 2.31. The monoisotopic (exact) mass is 325 g/mol. The van der Waals surface area contributed by atoms with Crippen molar-refractivity contribution < 1.29 is 0 Å². The van der Waals surface area contributed by atoms with Crippen LogP contribution in [0.25, 0.3) is 22.5 Å². The van der Waals surface area contributed by atoms with E-state index in [2.05, 4.69) is 83.1 Å². The summed E-state index contributed by atoms with van der Waals surface area (Å²) in [4.78, 5) is 4.43. The van der Waals surface area contributed by atoms with Gasteiger partial charge in [0.2, 0.25) is 0 Å². The molecule has 0 saturated carbocycles. The predicted octanol–water partition coefficient (Wildman–Crippen LogP) is 5.50. The Kier molecular flexibility index (Phi) is 4.05. The molecule has 1 N–H and O–H groups in total. The van der Waals surface area contributed by atoms with Crippen molar-refractivity contribution in [3.63, 3.8) is 0 Å². The number of para-hydroxylation sites is 1. The Morgan fingerprint density at radius 3 is 2.36 bits per heavy atom. The van der Waals surface area contributed by atoms with Gasteiger partial charge in [-0.05, 0) is 23.8 Å². The van der Waals surface area contributed by atoms with Crippen molar-refractivity contribution in [3.8, 4) is 22.5 Å². The zero-order chi connectivity index (χ0) is 17.1. The smallest absolute Gasteiger partial charge is 0.139 e. The number of aryl methyl sites for hydroxylation is 1. The van der Waals surface area contributed by atoms with Gasteiger partial charge in [-0.2, -0.15) is 0 Å². The lowest BCUT2D eigenvalue weighted by atomic mass is 10.0. The highest BCUT2D eigenvalue weighted by atomic mass is 15.0. The van der Waals surface area contributed by atoms with Crippen LogP contribution in [0.3, 0.4) is 0 Å². The molecule has 3 nitrogen and oxygen atoms in total. The van der Waals surface area contributed by atoms with E-state index >= 15 is 0 Å². The van der Waals surface area contributed by atoms with Crippen LogP contribution in [-0.2, 0) is 7.05 Å². The zero-order valence-electron chi connectivity index (χ0n) is 14.1. The summed E-state index contributed by atoms with van der Waals surface area (Å²) < 4.78 is 2.02. The summed E-state index contributed by atoms with van der Waals surface area (Å²) in [5.41, 5.74) is 5.61. The molecule has 4 aromatic rings. The van der Waals surface area contributed by atoms with Crippen molar-refractivity contribution in [1.29, 1.82) is 0 Å². The Morgan fingerprint density at radius 2 is 1.56 bits per heavy atom. The van der Waals surface area contributed by atoms with E-state index in [9.17, 15) is 0 Å². The number of hydrogen-bond acceptors (Lipinski definition) is 2. The van der Waals surface area contributed by atoms with E-state index in [4.69, 9.17) is 0 Å². The highest BCUT2D eigenvalue weighted by molar-refractivity contribution is 5.81. The first-order chi connectivity index (χ1) is 12.3. The first-order valence-corrected chi connectivity index (χ1v) is 8.30. The molecule has 0 spiro atoms. The second-order valence-corrected chi connectivity index (χ2v) is 5.98. The van der Waals surface area contributed by atoms with Crippen LogP contribution in [0.15, 0.2) is 91.3 Å². The predicted molar refractivity (Wildman–Crippen MR) is 104 cm³/mol. The quantitative estimate of drug-likeness (QED) is 0.537. The SMILES string of the molecule is Cn1ccnc1-c1cccc(Nc2ccccc2-c2ccccc2)c1. The Morgan fingerprint density at radius 1 is 0.800 bits per heavy atom. The second kappa shape index (κ2) is 6.65. The molecule has 1 heterocycles. The van der Waals surface area contributed by atoms with Crippen LogP contribution in [0.1, 0.15) is 0 Å². The molecule has 0 aliphatic carbocycles. The number of benzene rings is 3. The van der Waals surface area contributed by atoms with Crippen molar-refractivity contribution >= 4 is 11.4 Å². The van der Waals surface area contributed by atoms with Gasteiger partial charge in [-0.15, -0.1) is 0 Å². The molecule has 3 heteroatoms. The molecule has 0 saturated heterocycles. The van der Waals surface area contributed by atoms with Gasteiger partial charge in [0.05, 0.1) is 0 Å². The molecule has 25 heavy (non-hydrogen) atoms. The Balaban J connectivity index is 1.69. The van der Waals surface area contributed by atoms with Gasteiger partial charge in [-0.3, -0.25) is 0 Å². The normalized spacial score (nSPS) is 10.6. The summed E-state index contributed by atoms with van der Waals surface area (Å²) in [5.74, 6) is 0.958. The number of hydrogen-bond donors (Lipinski definition) is 1. The lowest BCUT2D eigenvalue weighted by Gasteiger charge is -2.13. The fourth-order valence-electron chi connectivity index (χ4n) is 3.00. The number of nitrogens with zero attached hydrogens (tertiary/aromatic N) is 2. The van der Waals surface area contributed by atoms with E-state index in [1.54, 1.807) is 0 Å². The standard InChI is InChI=1S/C22H19N3/c1-25-15-14-23-22(25)18-10-7-11-19(16-18)24-21-13-6-5-12-20(21)17-8-3-2-4-9-17/h2-16,24H,1H3. The van der Waals surface area contributed by atoms with Gasteiger partial charge in [-0.1, -0.05) is 60.7 Å². The van der Waals surface area contributed by atoms with Gasteiger partial charge in [0.1, 0.15) is 5.82 Å². The van der Waals surface area contributed by atoms with Crippen LogP contribution in [0, 0.1) is 0 Å². The van der Waals surface area contributed by atoms with Crippen molar-refractivity contribution in [2.75, 3.05) is 5.32 Å². The maximum absolute atomic E-state index is 4.43. The zero-order valence-corrected chi connectivity index (χ0v) is 14.1. The minimum atomic E-state index is 0.958. The third kappa shape index (κ3) is 3.17. The van der Waals surface area contributed by atoms with Crippen molar-refractivity contribution in [2.45, 2.75) is 0 Å². The molecule has 0 unspecified atom stereocenters. The molecule has 0 aliphatic heterocycles. The average Bonchev–Trinajstić information content (AvgIpc) is 3.09. The molecule has 0 radical (unpaired) electrons. The third-order valence-electron chi connectivity index (χ3n) is 4.23. The molecular formula is C22H19N3. The second-order valence-electron chi connectivity index (χ2n) is 5.98. The average molecular weight is 325 g/mol. The van der Waals surface area contributed by atoms with E-state index in [0.717, 1.165) is 22.8 Å². The molecule has 4 rings (SSSR count). The number of anilines is 2. The lowest BCUT2D eigenvalue weighted by Crippen LogP contribution is -1.95. The lowest BCUT2D eigenvalue weighted by molar-refractivity contribution is 0.925. The molecule has 0 amide bonds. The molecule has 0 bridgehead atoms. The number of nitrogens with one attached hydrogen (secondary N) is 1. The Labute approximate surface area is 147 Å². The van der Waals surface area contributed by atoms with Crippen LogP contribution in [0.4, 0.5) is 11.4 Å². The van der Waals surface area contributed by atoms with Crippen molar-refractivity contribution in [2.24, 2.45) is 7.05 Å². The molecule has 0 aliphatic rings. The maximum atomic E-state index is 4.43. The van der Waals surface area contributed by atoms with Crippen LogP contribution < -0.4 is 5.32 Å². The van der Waals surface area contributed by atoms with Gasteiger partial charge >= 0.3 is 0 Å². The molecule has 0 atom stereocenters. The van der Waals surface area contributed by atoms with Gasteiger partial charge in [0.25, 0.3) is 0 Å². The Hall–Kier alpha value is -3.33. The van der Waals surface area contributed by atoms with Gasteiger partial charge in [0.15, 0.2) is 0 Å². The van der Waals surface area contributed by atoms with E-state index in [1.165, 1.54) is 11.1 Å². The topological polar surface area (TPSA) is 29.9 Å². The van der Waals surface area contributed by atoms with Crippen LogP contribution in [-0.4, -0.2) is 9.55 Å². The fourth-order valence-corrected chi connectivity index (χ4v) is 3.00. The summed E-state index contributed by atoms with van der Waals surface area (Å²) in [6.07, 6.45) is 3.78. The van der Waals surface area contributed by atoms with Crippen LogP contribution in [0.5, 0.6) is 0 Å². The van der Waals surface area contributed by atoms with Gasteiger partial charge < -0.3 is 9.88 Å². The van der Waals surface area contributed by atoms with Crippen LogP contribution >= 0.6 is 0 Å². The third-order valence-corrected chi connectivity index (χ3v) is 4.23. The summed E-state index contributed by atoms with van der Waals surface area (Å²) in [7, 11) is 2.01. The highest BCUT2D eigenvalue weighted by Gasteiger charge is 2.07. The molecule has 122 valence electrons. The molecule has 3 aromatic carbocycles. The molecular weight excluding hydrogens is 306 g/mol. The number of imidazole rings is 1. The van der Waals surface area contributed by atoms with Crippen molar-refractivity contribution in [3.05, 3.63) is 91.3 Å². The van der Waals surface area contributed by atoms with Crippen molar-refractivity contribution in [1.82, 2.24) is 9.55 Å². The summed E-state index contributed by atoms with van der Waals surface area (Å²) in [5, 5.41) is 3.56. The van der Waals surface area contributed by atoms with E-state index in [0.29, 0.717) is 0 Å². The Bertz CT molecular complexity index is 987. The fraction of sp³-hybridized carbons (Fsp3) is 0.0455. The maximum Gasteiger partial charge on any atom is 0.139 e. The minimum Gasteiger partial charge on any atom is -0.355 e. The minimum absolute atomic E-state index is 0.958. The van der Waals surface area contributed by atoms with E-state index < -0.39 is 0 Å². The van der Waals surface area contributed by atoms with E-state index in [1.807, 2.05) is 30.1 Å².